The van der Waals surface area contributed by atoms with Crippen molar-refractivity contribution >= 4 is 39.5 Å². The van der Waals surface area contributed by atoms with Crippen molar-refractivity contribution in [3.8, 4) is 0 Å². The van der Waals surface area contributed by atoms with Crippen LogP contribution in [0.15, 0.2) is 28.7 Å². The Labute approximate surface area is 174 Å². The molecule has 28 heavy (non-hydrogen) atoms. The highest BCUT2D eigenvalue weighted by molar-refractivity contribution is 9.10. The Morgan fingerprint density at radius 3 is 2.07 bits per heavy atom. The number of carboxylic acids is 1. The Bertz CT molecular complexity index is 684. The predicted molar refractivity (Wildman–Crippen MR) is 113 cm³/mol. The van der Waals surface area contributed by atoms with Gasteiger partial charge in [0.25, 0.3) is 0 Å². The van der Waals surface area contributed by atoms with Crippen molar-refractivity contribution < 1.29 is 19.5 Å². The molecule has 1 aromatic rings. The summed E-state index contributed by atoms with van der Waals surface area (Å²) in [6, 6.07) is 4.66. The molecule has 1 aromatic carbocycles. The third-order valence-electron chi connectivity index (χ3n) is 3.86. The smallest absolute Gasteiger partial charge is 0.326 e. The number of hydrogen-bond acceptors (Lipinski definition) is 3. The first-order valence-electron chi connectivity index (χ1n) is 9.23. The molecule has 0 aliphatic rings. The molecule has 0 unspecified atom stereocenters. The average Bonchev–Trinajstić information content (AvgIpc) is 2.54. The van der Waals surface area contributed by atoms with Gasteiger partial charge in [-0.1, -0.05) is 50.5 Å². The first-order valence-corrected chi connectivity index (χ1v) is 10.0. The lowest BCUT2D eigenvalue weighted by Crippen LogP contribution is -2.53. The lowest BCUT2D eigenvalue weighted by Gasteiger charge is -2.26. The van der Waals surface area contributed by atoms with Crippen molar-refractivity contribution in [3.63, 3.8) is 0 Å². The van der Waals surface area contributed by atoms with Gasteiger partial charge in [0, 0.05) is 10.2 Å². The number of carbonyl (C=O) groups excluding carboxylic acids is 2. The number of aliphatic carboxylic acids is 1. The van der Waals surface area contributed by atoms with Gasteiger partial charge in [0.2, 0.25) is 5.91 Å². The molecule has 7 nitrogen and oxygen atoms in total. The molecule has 0 saturated heterocycles. The van der Waals surface area contributed by atoms with Crippen LogP contribution in [-0.2, 0) is 9.59 Å². The Kier molecular flexibility index (Phi) is 8.94. The molecule has 3 amide bonds. The highest BCUT2D eigenvalue weighted by Gasteiger charge is 2.30. The van der Waals surface area contributed by atoms with Crippen LogP contribution in [0.1, 0.15) is 47.5 Å². The molecule has 0 aliphatic heterocycles. The summed E-state index contributed by atoms with van der Waals surface area (Å²) in [5.41, 5.74) is 0.316. The zero-order chi connectivity index (χ0) is 21.5. The van der Waals surface area contributed by atoms with Gasteiger partial charge in [-0.3, -0.25) is 4.79 Å². The van der Waals surface area contributed by atoms with E-state index in [1.807, 2.05) is 34.6 Å². The third-order valence-corrected chi connectivity index (χ3v) is 4.39. The van der Waals surface area contributed by atoms with Crippen molar-refractivity contribution in [2.24, 2.45) is 11.3 Å². The van der Waals surface area contributed by atoms with Gasteiger partial charge in [-0.25, -0.2) is 9.59 Å². The second kappa shape index (κ2) is 10.5. The summed E-state index contributed by atoms with van der Waals surface area (Å²) in [5.74, 6) is -1.46. The SMILES string of the molecule is CC(C)C[C@H](NC(=O)Nc1ccc(Br)cc1)C(=O)N[C@@H](CC(C)(C)C)C(=O)O. The molecule has 0 spiro atoms. The normalized spacial score (nSPS) is 13.5. The fourth-order valence-electron chi connectivity index (χ4n) is 2.65. The number of halogens is 1. The zero-order valence-corrected chi connectivity index (χ0v) is 18.6. The largest absolute Gasteiger partial charge is 0.480 e. The molecule has 156 valence electrons. The summed E-state index contributed by atoms with van der Waals surface area (Å²) in [7, 11) is 0. The van der Waals surface area contributed by atoms with E-state index in [1.54, 1.807) is 24.3 Å². The van der Waals surface area contributed by atoms with Crippen LogP contribution >= 0.6 is 15.9 Å². The fourth-order valence-corrected chi connectivity index (χ4v) is 2.91. The van der Waals surface area contributed by atoms with Crippen LogP contribution in [-0.4, -0.2) is 35.1 Å². The van der Waals surface area contributed by atoms with E-state index in [0.29, 0.717) is 12.1 Å². The van der Waals surface area contributed by atoms with Gasteiger partial charge in [-0.15, -0.1) is 0 Å². The molecule has 4 N–H and O–H groups in total. The van der Waals surface area contributed by atoms with E-state index in [9.17, 15) is 19.5 Å². The highest BCUT2D eigenvalue weighted by atomic mass is 79.9. The Hall–Kier alpha value is -2.09. The van der Waals surface area contributed by atoms with Crippen LogP contribution in [0.25, 0.3) is 0 Å². The zero-order valence-electron chi connectivity index (χ0n) is 17.0. The second-order valence-corrected chi connectivity index (χ2v) is 9.37. The van der Waals surface area contributed by atoms with Crippen molar-refractivity contribution in [1.82, 2.24) is 10.6 Å². The van der Waals surface area contributed by atoms with E-state index >= 15 is 0 Å². The van der Waals surface area contributed by atoms with Crippen LogP contribution in [0, 0.1) is 11.3 Å². The van der Waals surface area contributed by atoms with Crippen molar-refractivity contribution in [1.29, 1.82) is 0 Å². The number of carboxylic acid groups (broad SMARTS) is 1. The summed E-state index contributed by atoms with van der Waals surface area (Å²) < 4.78 is 0.883. The molecule has 0 heterocycles. The quantitative estimate of drug-likeness (QED) is 0.475. The summed E-state index contributed by atoms with van der Waals surface area (Å²) in [6.07, 6.45) is 0.676. The topological polar surface area (TPSA) is 108 Å². The molecule has 8 heteroatoms. The maximum Gasteiger partial charge on any atom is 0.326 e. The van der Waals surface area contributed by atoms with Gasteiger partial charge < -0.3 is 21.1 Å². The van der Waals surface area contributed by atoms with Gasteiger partial charge in [0.1, 0.15) is 12.1 Å². The Morgan fingerprint density at radius 2 is 1.61 bits per heavy atom. The molecule has 0 radical (unpaired) electrons. The van der Waals surface area contributed by atoms with Crippen molar-refractivity contribution in [3.05, 3.63) is 28.7 Å². The molecule has 0 aromatic heterocycles. The first kappa shape index (κ1) is 23.9. The summed E-state index contributed by atoms with van der Waals surface area (Å²) in [5, 5.41) is 17.3. The van der Waals surface area contributed by atoms with Gasteiger partial charge >= 0.3 is 12.0 Å². The van der Waals surface area contributed by atoms with E-state index in [0.717, 1.165) is 4.47 Å². The minimum absolute atomic E-state index is 0.134. The monoisotopic (exact) mass is 455 g/mol. The van der Waals surface area contributed by atoms with Crippen LogP contribution in [0.3, 0.4) is 0 Å². The number of carbonyl (C=O) groups is 3. The number of anilines is 1. The van der Waals surface area contributed by atoms with Gasteiger partial charge in [0.05, 0.1) is 0 Å². The number of hydrogen-bond donors (Lipinski definition) is 4. The summed E-state index contributed by atoms with van der Waals surface area (Å²) in [6.45, 7) is 9.58. The number of benzene rings is 1. The molecule has 2 atom stereocenters. The molecule has 0 fully saturated rings. The van der Waals surface area contributed by atoms with E-state index in [-0.39, 0.29) is 17.8 Å². The maximum atomic E-state index is 12.7. The molecule has 1 rings (SSSR count). The van der Waals surface area contributed by atoms with Crippen LogP contribution in [0.2, 0.25) is 0 Å². The maximum absolute atomic E-state index is 12.7. The van der Waals surface area contributed by atoms with E-state index < -0.39 is 30.0 Å². The molecule has 0 aliphatic carbocycles. The van der Waals surface area contributed by atoms with Gasteiger partial charge in [0.15, 0.2) is 0 Å². The summed E-state index contributed by atoms with van der Waals surface area (Å²) >= 11 is 3.32. The lowest BCUT2D eigenvalue weighted by atomic mass is 9.88. The number of rotatable bonds is 8. The molecular weight excluding hydrogens is 426 g/mol. The van der Waals surface area contributed by atoms with Gasteiger partial charge in [-0.05, 0) is 48.4 Å². The van der Waals surface area contributed by atoms with Crippen LogP contribution < -0.4 is 16.0 Å². The number of amides is 3. The van der Waals surface area contributed by atoms with Crippen LogP contribution in [0.4, 0.5) is 10.5 Å². The van der Waals surface area contributed by atoms with Crippen molar-refractivity contribution in [2.75, 3.05) is 5.32 Å². The lowest BCUT2D eigenvalue weighted by molar-refractivity contribution is -0.143. The van der Waals surface area contributed by atoms with E-state index in [1.165, 1.54) is 0 Å². The van der Waals surface area contributed by atoms with Crippen LogP contribution in [0.5, 0.6) is 0 Å². The molecule has 0 saturated carbocycles. The molecule has 0 bridgehead atoms. The standard InChI is InChI=1S/C20H30BrN3O4/c1-12(2)10-15(17(25)23-16(18(26)27)11-20(3,4)5)24-19(28)22-14-8-6-13(21)7-9-14/h6-9,12,15-16H,10-11H2,1-5H3,(H,23,25)(H,26,27)(H2,22,24,28)/t15-,16-/m0/s1. The van der Waals surface area contributed by atoms with E-state index in [4.69, 9.17) is 0 Å². The number of nitrogens with one attached hydrogen (secondary N) is 3. The Morgan fingerprint density at radius 1 is 1.04 bits per heavy atom. The fraction of sp³-hybridized carbons (Fsp3) is 0.550. The third kappa shape index (κ3) is 9.21. The molecular formula is C20H30BrN3O4. The second-order valence-electron chi connectivity index (χ2n) is 8.45. The predicted octanol–water partition coefficient (Wildman–Crippen LogP) is 3.99. The Balaban J connectivity index is 2.81. The highest BCUT2D eigenvalue weighted by Crippen LogP contribution is 2.21. The van der Waals surface area contributed by atoms with Crippen molar-refractivity contribution in [2.45, 2.75) is 59.5 Å². The summed E-state index contributed by atoms with van der Waals surface area (Å²) in [4.78, 5) is 36.5. The minimum Gasteiger partial charge on any atom is -0.480 e. The average molecular weight is 456 g/mol. The number of urea groups is 1. The first-order chi connectivity index (χ1) is 12.9. The van der Waals surface area contributed by atoms with E-state index in [2.05, 4.69) is 31.9 Å². The minimum atomic E-state index is -1.09. The van der Waals surface area contributed by atoms with Gasteiger partial charge in [-0.2, -0.15) is 0 Å².